The van der Waals surface area contributed by atoms with Crippen LogP contribution in [-0.2, 0) is 0 Å². The van der Waals surface area contributed by atoms with Gasteiger partial charge in [0.1, 0.15) is 17.3 Å². The Bertz CT molecular complexity index is 603. The fourth-order valence-corrected chi connectivity index (χ4v) is 2.72. The van der Waals surface area contributed by atoms with E-state index < -0.39 is 0 Å². The van der Waals surface area contributed by atoms with Crippen LogP contribution >= 0.6 is 11.5 Å². The lowest BCUT2D eigenvalue weighted by Crippen LogP contribution is -2.30. The summed E-state index contributed by atoms with van der Waals surface area (Å²) in [7, 11) is 0. The van der Waals surface area contributed by atoms with E-state index in [0.29, 0.717) is 29.5 Å². The van der Waals surface area contributed by atoms with Gasteiger partial charge in [-0.1, -0.05) is 4.49 Å². The predicted octanol–water partition coefficient (Wildman–Crippen LogP) is 0.930. The molecule has 1 amide bonds. The summed E-state index contributed by atoms with van der Waals surface area (Å²) in [5.41, 5.74) is 0.681. The SMILES string of the molecule is Cc1nnsc1C(=O)N1CC[C@H](Oc2ccncn2)C1. The summed E-state index contributed by atoms with van der Waals surface area (Å²) in [6, 6.07) is 1.71. The third-order valence-corrected chi connectivity index (χ3v) is 3.94. The summed E-state index contributed by atoms with van der Waals surface area (Å²) in [6.07, 6.45) is 3.84. The van der Waals surface area contributed by atoms with Gasteiger partial charge < -0.3 is 9.64 Å². The molecule has 0 spiro atoms. The summed E-state index contributed by atoms with van der Waals surface area (Å²) in [6.45, 7) is 3.02. The molecule has 3 rings (SSSR count). The van der Waals surface area contributed by atoms with Gasteiger partial charge in [-0.2, -0.15) is 0 Å². The standard InChI is InChI=1S/C12H13N5O2S/c1-8-11(20-16-15-8)12(18)17-5-3-9(6-17)19-10-2-4-13-7-14-10/h2,4,7,9H,3,5-6H2,1H3/t9-/m0/s1. The molecule has 8 heteroatoms. The lowest BCUT2D eigenvalue weighted by molar-refractivity contribution is 0.0775. The highest BCUT2D eigenvalue weighted by atomic mass is 32.1. The third-order valence-electron chi connectivity index (χ3n) is 3.12. The van der Waals surface area contributed by atoms with Gasteiger partial charge in [-0.15, -0.1) is 5.10 Å². The molecule has 1 fully saturated rings. The smallest absolute Gasteiger partial charge is 0.267 e. The van der Waals surface area contributed by atoms with Crippen molar-refractivity contribution in [2.45, 2.75) is 19.4 Å². The van der Waals surface area contributed by atoms with Gasteiger partial charge >= 0.3 is 0 Å². The number of ether oxygens (including phenoxy) is 1. The zero-order chi connectivity index (χ0) is 13.9. The molecule has 0 bridgehead atoms. The Kier molecular flexibility index (Phi) is 3.55. The van der Waals surface area contributed by atoms with Crippen molar-refractivity contribution >= 4 is 17.4 Å². The minimum atomic E-state index is -0.0324. The minimum Gasteiger partial charge on any atom is -0.472 e. The van der Waals surface area contributed by atoms with Crippen LogP contribution in [0.5, 0.6) is 5.88 Å². The van der Waals surface area contributed by atoms with E-state index in [2.05, 4.69) is 19.6 Å². The molecule has 0 aromatic carbocycles. The van der Waals surface area contributed by atoms with E-state index in [1.165, 1.54) is 6.33 Å². The van der Waals surface area contributed by atoms with Crippen LogP contribution < -0.4 is 4.74 Å². The topological polar surface area (TPSA) is 81.1 Å². The molecule has 3 heterocycles. The Balaban J connectivity index is 1.62. The summed E-state index contributed by atoms with van der Waals surface area (Å²) in [5.74, 6) is 0.515. The summed E-state index contributed by atoms with van der Waals surface area (Å²) in [5, 5.41) is 3.87. The summed E-state index contributed by atoms with van der Waals surface area (Å²) >= 11 is 1.14. The molecular weight excluding hydrogens is 278 g/mol. The van der Waals surface area contributed by atoms with Crippen molar-refractivity contribution in [1.29, 1.82) is 0 Å². The Morgan fingerprint density at radius 1 is 1.55 bits per heavy atom. The first-order chi connectivity index (χ1) is 9.74. The van der Waals surface area contributed by atoms with Crippen LogP contribution in [0.25, 0.3) is 0 Å². The highest BCUT2D eigenvalue weighted by molar-refractivity contribution is 7.07. The fraction of sp³-hybridized carbons (Fsp3) is 0.417. The molecule has 1 saturated heterocycles. The van der Waals surface area contributed by atoms with Crippen molar-refractivity contribution in [3.8, 4) is 5.88 Å². The van der Waals surface area contributed by atoms with Gasteiger partial charge in [0, 0.05) is 25.2 Å². The molecule has 7 nitrogen and oxygen atoms in total. The molecule has 2 aromatic rings. The van der Waals surface area contributed by atoms with Gasteiger partial charge in [0.15, 0.2) is 0 Å². The molecule has 0 N–H and O–H groups in total. The normalized spacial score (nSPS) is 18.2. The Morgan fingerprint density at radius 3 is 3.15 bits per heavy atom. The quantitative estimate of drug-likeness (QED) is 0.837. The molecule has 1 aliphatic rings. The molecule has 0 saturated carbocycles. The Morgan fingerprint density at radius 2 is 2.45 bits per heavy atom. The first-order valence-electron chi connectivity index (χ1n) is 6.25. The van der Waals surface area contributed by atoms with Crippen LogP contribution in [0.15, 0.2) is 18.6 Å². The van der Waals surface area contributed by atoms with Crippen LogP contribution in [0.3, 0.4) is 0 Å². The van der Waals surface area contributed by atoms with Gasteiger partial charge in [-0.25, -0.2) is 9.97 Å². The molecule has 20 heavy (non-hydrogen) atoms. The number of hydrogen-bond acceptors (Lipinski definition) is 7. The van der Waals surface area contributed by atoms with Crippen molar-refractivity contribution in [1.82, 2.24) is 24.5 Å². The largest absolute Gasteiger partial charge is 0.472 e. The maximum Gasteiger partial charge on any atom is 0.267 e. The monoisotopic (exact) mass is 291 g/mol. The average molecular weight is 291 g/mol. The van der Waals surface area contributed by atoms with Gasteiger partial charge in [-0.3, -0.25) is 4.79 Å². The van der Waals surface area contributed by atoms with E-state index in [-0.39, 0.29) is 12.0 Å². The minimum absolute atomic E-state index is 0.0220. The lowest BCUT2D eigenvalue weighted by Gasteiger charge is -2.16. The van der Waals surface area contributed by atoms with E-state index in [0.717, 1.165) is 18.0 Å². The summed E-state index contributed by atoms with van der Waals surface area (Å²) < 4.78 is 9.53. The molecule has 1 atom stereocenters. The van der Waals surface area contributed by atoms with E-state index in [1.807, 2.05) is 0 Å². The number of carbonyl (C=O) groups excluding carboxylic acids is 1. The van der Waals surface area contributed by atoms with Gasteiger partial charge in [0.05, 0.1) is 12.2 Å². The van der Waals surface area contributed by atoms with E-state index in [1.54, 1.807) is 24.1 Å². The summed E-state index contributed by atoms with van der Waals surface area (Å²) in [4.78, 5) is 22.5. The number of rotatable bonds is 3. The number of aromatic nitrogens is 4. The molecule has 0 unspecified atom stereocenters. The molecule has 1 aliphatic heterocycles. The molecule has 0 aliphatic carbocycles. The van der Waals surface area contributed by atoms with Crippen molar-refractivity contribution in [2.75, 3.05) is 13.1 Å². The number of likely N-dealkylation sites (tertiary alicyclic amines) is 1. The van der Waals surface area contributed by atoms with Crippen LogP contribution in [0, 0.1) is 6.92 Å². The van der Waals surface area contributed by atoms with Gasteiger partial charge in [0.2, 0.25) is 5.88 Å². The van der Waals surface area contributed by atoms with Crippen molar-refractivity contribution in [3.05, 3.63) is 29.2 Å². The van der Waals surface area contributed by atoms with Crippen molar-refractivity contribution in [3.63, 3.8) is 0 Å². The Hall–Kier alpha value is -2.09. The number of carbonyl (C=O) groups is 1. The third kappa shape index (κ3) is 2.60. The second-order valence-electron chi connectivity index (χ2n) is 4.51. The van der Waals surface area contributed by atoms with Crippen LogP contribution in [0.2, 0.25) is 0 Å². The lowest BCUT2D eigenvalue weighted by atomic mass is 10.3. The predicted molar refractivity (Wildman–Crippen MR) is 71.6 cm³/mol. The highest BCUT2D eigenvalue weighted by Crippen LogP contribution is 2.20. The number of amides is 1. The zero-order valence-corrected chi connectivity index (χ0v) is 11.7. The van der Waals surface area contributed by atoms with E-state index in [9.17, 15) is 4.79 Å². The Labute approximate surface area is 119 Å². The zero-order valence-electron chi connectivity index (χ0n) is 10.9. The maximum atomic E-state index is 12.3. The molecule has 104 valence electrons. The maximum absolute atomic E-state index is 12.3. The van der Waals surface area contributed by atoms with Gasteiger partial charge in [0.25, 0.3) is 5.91 Å². The van der Waals surface area contributed by atoms with Crippen LogP contribution in [0.1, 0.15) is 21.8 Å². The molecular formula is C12H13N5O2S. The molecule has 0 radical (unpaired) electrons. The van der Waals surface area contributed by atoms with E-state index >= 15 is 0 Å². The van der Waals surface area contributed by atoms with Gasteiger partial charge in [-0.05, 0) is 18.5 Å². The first kappa shape index (κ1) is 12.9. The second-order valence-corrected chi connectivity index (χ2v) is 5.27. The van der Waals surface area contributed by atoms with Crippen LogP contribution in [-0.4, -0.2) is 49.6 Å². The first-order valence-corrected chi connectivity index (χ1v) is 7.02. The highest BCUT2D eigenvalue weighted by Gasteiger charge is 2.30. The fourth-order valence-electron chi connectivity index (χ4n) is 2.10. The number of hydrogen-bond donors (Lipinski definition) is 0. The second kappa shape index (κ2) is 5.49. The molecule has 2 aromatic heterocycles. The number of nitrogens with zero attached hydrogens (tertiary/aromatic N) is 5. The van der Waals surface area contributed by atoms with Crippen LogP contribution in [0.4, 0.5) is 0 Å². The average Bonchev–Trinajstić information content (AvgIpc) is 3.08. The number of aryl methyl sites for hydroxylation is 1. The van der Waals surface area contributed by atoms with Crippen molar-refractivity contribution in [2.24, 2.45) is 0 Å². The van der Waals surface area contributed by atoms with Crippen molar-refractivity contribution < 1.29 is 9.53 Å². The van der Waals surface area contributed by atoms with E-state index in [4.69, 9.17) is 4.74 Å².